The standard InChI is InChI=1S/C12H15NS/c1-14-12(13)11-7-6-9-4-2-3-5-10(9)8-11/h6-8,13H,2-5H2,1H3. The van der Waals surface area contributed by atoms with E-state index in [0.717, 1.165) is 5.56 Å². The lowest BCUT2D eigenvalue weighted by Crippen LogP contribution is -2.04. The lowest BCUT2D eigenvalue weighted by molar-refractivity contribution is 0.685. The van der Waals surface area contributed by atoms with E-state index in [0.29, 0.717) is 5.04 Å². The summed E-state index contributed by atoms with van der Waals surface area (Å²) in [7, 11) is 0. The Labute approximate surface area is 89.4 Å². The van der Waals surface area contributed by atoms with Crippen molar-refractivity contribution in [2.45, 2.75) is 25.7 Å². The van der Waals surface area contributed by atoms with Crippen molar-refractivity contribution < 1.29 is 0 Å². The van der Waals surface area contributed by atoms with E-state index < -0.39 is 0 Å². The number of thioether (sulfide) groups is 1. The minimum absolute atomic E-state index is 0.679. The van der Waals surface area contributed by atoms with Crippen LogP contribution >= 0.6 is 11.8 Å². The van der Waals surface area contributed by atoms with Gasteiger partial charge in [0.05, 0.1) is 5.04 Å². The van der Waals surface area contributed by atoms with Gasteiger partial charge in [-0.05, 0) is 49.1 Å². The van der Waals surface area contributed by atoms with E-state index in [1.54, 1.807) is 0 Å². The second-order valence-corrected chi connectivity index (χ2v) is 4.54. The smallest absolute Gasteiger partial charge is 0.0939 e. The Morgan fingerprint density at radius 2 is 1.93 bits per heavy atom. The molecule has 0 radical (unpaired) electrons. The summed E-state index contributed by atoms with van der Waals surface area (Å²) in [5, 5.41) is 8.44. The summed E-state index contributed by atoms with van der Waals surface area (Å²) >= 11 is 1.51. The van der Waals surface area contributed by atoms with Crippen molar-refractivity contribution in [3.8, 4) is 0 Å². The molecular weight excluding hydrogens is 190 g/mol. The fourth-order valence-electron chi connectivity index (χ4n) is 1.99. The van der Waals surface area contributed by atoms with E-state index in [1.807, 2.05) is 6.26 Å². The molecule has 0 aromatic heterocycles. The third-order valence-corrected chi connectivity index (χ3v) is 3.46. The molecule has 2 heteroatoms. The van der Waals surface area contributed by atoms with Gasteiger partial charge in [-0.3, -0.25) is 5.41 Å². The van der Waals surface area contributed by atoms with Crippen LogP contribution in [0.15, 0.2) is 18.2 Å². The van der Waals surface area contributed by atoms with Gasteiger partial charge in [-0.15, -0.1) is 11.8 Å². The largest absolute Gasteiger partial charge is 0.293 e. The summed E-state index contributed by atoms with van der Waals surface area (Å²) in [5.74, 6) is 0. The van der Waals surface area contributed by atoms with Crippen molar-refractivity contribution in [2.24, 2.45) is 0 Å². The van der Waals surface area contributed by atoms with Crippen molar-refractivity contribution in [1.29, 1.82) is 5.41 Å². The van der Waals surface area contributed by atoms with Crippen LogP contribution in [0.3, 0.4) is 0 Å². The average Bonchev–Trinajstić information content (AvgIpc) is 2.27. The highest BCUT2D eigenvalue weighted by molar-refractivity contribution is 8.13. The Balaban J connectivity index is 2.33. The SMILES string of the molecule is CSC(=N)c1ccc2c(c1)CCCC2. The van der Waals surface area contributed by atoms with E-state index in [1.165, 1.54) is 48.6 Å². The molecule has 0 saturated heterocycles. The zero-order valence-electron chi connectivity index (χ0n) is 8.47. The molecule has 1 aliphatic carbocycles. The number of benzene rings is 1. The number of nitrogens with one attached hydrogen (secondary N) is 1. The maximum atomic E-state index is 7.76. The molecule has 0 aliphatic heterocycles. The van der Waals surface area contributed by atoms with Gasteiger partial charge in [0.2, 0.25) is 0 Å². The lowest BCUT2D eigenvalue weighted by Gasteiger charge is -2.16. The van der Waals surface area contributed by atoms with Crippen LogP contribution < -0.4 is 0 Å². The van der Waals surface area contributed by atoms with E-state index in [9.17, 15) is 0 Å². The molecule has 0 spiro atoms. The van der Waals surface area contributed by atoms with E-state index in [2.05, 4.69) is 18.2 Å². The molecule has 0 atom stereocenters. The highest BCUT2D eigenvalue weighted by atomic mass is 32.2. The molecule has 2 rings (SSSR count). The van der Waals surface area contributed by atoms with Gasteiger partial charge < -0.3 is 0 Å². The first-order chi connectivity index (χ1) is 6.81. The normalized spacial score (nSPS) is 14.9. The molecule has 1 aromatic carbocycles. The minimum Gasteiger partial charge on any atom is -0.293 e. The Hall–Kier alpha value is -0.760. The summed E-state index contributed by atoms with van der Waals surface area (Å²) in [6.07, 6.45) is 7.02. The van der Waals surface area contributed by atoms with Crippen LogP contribution in [0.25, 0.3) is 0 Å². The average molecular weight is 205 g/mol. The van der Waals surface area contributed by atoms with Crippen LogP contribution in [0.5, 0.6) is 0 Å². The maximum absolute atomic E-state index is 7.76. The van der Waals surface area contributed by atoms with Crippen LogP contribution in [0.1, 0.15) is 29.5 Å². The molecule has 0 bridgehead atoms. The molecule has 1 aromatic rings. The third-order valence-electron chi connectivity index (χ3n) is 2.81. The first-order valence-corrected chi connectivity index (χ1v) is 6.28. The van der Waals surface area contributed by atoms with Crippen molar-refractivity contribution >= 4 is 16.8 Å². The minimum atomic E-state index is 0.679. The molecule has 14 heavy (non-hydrogen) atoms. The number of rotatable bonds is 1. The van der Waals surface area contributed by atoms with Crippen molar-refractivity contribution in [1.82, 2.24) is 0 Å². The van der Waals surface area contributed by atoms with Crippen LogP contribution in [0, 0.1) is 5.41 Å². The van der Waals surface area contributed by atoms with E-state index >= 15 is 0 Å². The first kappa shape index (κ1) is 9.78. The van der Waals surface area contributed by atoms with Gasteiger partial charge in [0.25, 0.3) is 0 Å². The van der Waals surface area contributed by atoms with Crippen LogP contribution in [-0.4, -0.2) is 11.3 Å². The summed E-state index contributed by atoms with van der Waals surface area (Å²) in [6, 6.07) is 6.49. The molecule has 0 heterocycles. The predicted molar refractivity (Wildman–Crippen MR) is 63.4 cm³/mol. The molecule has 74 valence electrons. The fourth-order valence-corrected chi connectivity index (χ4v) is 2.36. The highest BCUT2D eigenvalue weighted by Gasteiger charge is 2.10. The zero-order valence-corrected chi connectivity index (χ0v) is 9.29. The summed E-state index contributed by atoms with van der Waals surface area (Å²) in [6.45, 7) is 0. The third kappa shape index (κ3) is 1.85. The molecule has 1 nitrogen and oxygen atoms in total. The van der Waals surface area contributed by atoms with E-state index in [4.69, 9.17) is 5.41 Å². The first-order valence-electron chi connectivity index (χ1n) is 5.06. The molecular formula is C12H15NS. The van der Waals surface area contributed by atoms with Crippen molar-refractivity contribution in [2.75, 3.05) is 6.26 Å². The lowest BCUT2D eigenvalue weighted by atomic mass is 9.90. The molecule has 1 N–H and O–H groups in total. The molecule has 0 fully saturated rings. The number of hydrogen-bond donors (Lipinski definition) is 1. The summed E-state index contributed by atoms with van der Waals surface area (Å²) in [4.78, 5) is 0. The maximum Gasteiger partial charge on any atom is 0.0939 e. The Morgan fingerprint density at radius 1 is 1.21 bits per heavy atom. The molecule has 0 unspecified atom stereocenters. The van der Waals surface area contributed by atoms with Gasteiger partial charge in [0.1, 0.15) is 0 Å². The Morgan fingerprint density at radius 3 is 2.64 bits per heavy atom. The van der Waals surface area contributed by atoms with Gasteiger partial charge in [0.15, 0.2) is 0 Å². The molecule has 1 aliphatic rings. The van der Waals surface area contributed by atoms with E-state index in [-0.39, 0.29) is 0 Å². The summed E-state index contributed by atoms with van der Waals surface area (Å²) in [5.41, 5.74) is 4.04. The van der Waals surface area contributed by atoms with Gasteiger partial charge in [-0.25, -0.2) is 0 Å². The predicted octanol–water partition coefficient (Wildman–Crippen LogP) is 3.25. The quantitative estimate of drug-likeness (QED) is 0.552. The zero-order chi connectivity index (χ0) is 9.97. The van der Waals surface area contributed by atoms with Gasteiger partial charge in [-0.2, -0.15) is 0 Å². The van der Waals surface area contributed by atoms with Crippen molar-refractivity contribution in [3.05, 3.63) is 34.9 Å². The van der Waals surface area contributed by atoms with Gasteiger partial charge in [0, 0.05) is 5.56 Å². The monoisotopic (exact) mass is 205 g/mol. The van der Waals surface area contributed by atoms with Crippen molar-refractivity contribution in [3.63, 3.8) is 0 Å². The fraction of sp³-hybridized carbons (Fsp3) is 0.417. The van der Waals surface area contributed by atoms with Crippen LogP contribution in [-0.2, 0) is 12.8 Å². The summed E-state index contributed by atoms with van der Waals surface area (Å²) < 4.78 is 0. The number of hydrogen-bond acceptors (Lipinski definition) is 2. The Bertz CT molecular complexity index is 357. The van der Waals surface area contributed by atoms with Gasteiger partial charge >= 0.3 is 0 Å². The van der Waals surface area contributed by atoms with Gasteiger partial charge in [-0.1, -0.05) is 12.1 Å². The second kappa shape index (κ2) is 4.18. The van der Waals surface area contributed by atoms with Crippen LogP contribution in [0.4, 0.5) is 0 Å². The molecule has 0 amide bonds. The Kier molecular flexibility index (Phi) is 2.92. The second-order valence-electron chi connectivity index (χ2n) is 3.72. The molecule has 0 saturated carbocycles. The topological polar surface area (TPSA) is 23.9 Å². The highest BCUT2D eigenvalue weighted by Crippen LogP contribution is 2.23. The van der Waals surface area contributed by atoms with Crippen LogP contribution in [0.2, 0.25) is 0 Å². The number of aryl methyl sites for hydroxylation is 2. The number of fused-ring (bicyclic) bond motifs is 1.